The minimum atomic E-state index is -1.15. The molecule has 0 rings (SSSR count). The van der Waals surface area contributed by atoms with Crippen molar-refractivity contribution in [3.8, 4) is 0 Å². The smallest absolute Gasteiger partial charge is 0.402 e. The molecule has 0 aliphatic rings. The molecule has 0 saturated heterocycles. The number of rotatable bonds is 4. The van der Waals surface area contributed by atoms with Crippen molar-refractivity contribution in [2.45, 2.75) is 13.0 Å². The topological polar surface area (TPSA) is 64.7 Å². The van der Waals surface area contributed by atoms with Crippen LogP contribution in [0.5, 0.6) is 0 Å². The molecule has 0 heterocycles. The minimum absolute atomic E-state index is 0.167. The average molecular weight is 133 g/mol. The first-order chi connectivity index (χ1) is 4.20. The van der Waals surface area contributed by atoms with Crippen molar-refractivity contribution in [2.24, 2.45) is 5.73 Å². The summed E-state index contributed by atoms with van der Waals surface area (Å²) in [5, 5.41) is 8.66. The SMILES string of the molecule is COB(O)OC(C)CN. The quantitative estimate of drug-likeness (QED) is 0.481. The zero-order valence-electron chi connectivity index (χ0n) is 5.70. The third kappa shape index (κ3) is 4.41. The highest BCUT2D eigenvalue weighted by molar-refractivity contribution is 6.34. The summed E-state index contributed by atoms with van der Waals surface area (Å²) in [6, 6.07) is 0. The standard InChI is InChI=1S/C4H12BNO3/c1-4(3-6)9-5(7)8-2/h4,7H,3,6H2,1-2H3. The second-order valence-electron chi connectivity index (χ2n) is 1.73. The molecule has 4 nitrogen and oxygen atoms in total. The van der Waals surface area contributed by atoms with Gasteiger partial charge in [0.1, 0.15) is 0 Å². The molecule has 0 saturated carbocycles. The zero-order chi connectivity index (χ0) is 7.28. The van der Waals surface area contributed by atoms with Crippen LogP contribution in [0.1, 0.15) is 6.92 Å². The summed E-state index contributed by atoms with van der Waals surface area (Å²) in [6.07, 6.45) is -0.167. The van der Waals surface area contributed by atoms with Crippen molar-refractivity contribution in [1.29, 1.82) is 0 Å². The molecule has 0 spiro atoms. The Balaban J connectivity index is 3.22. The molecule has 0 radical (unpaired) electrons. The molecule has 9 heavy (non-hydrogen) atoms. The van der Waals surface area contributed by atoms with E-state index in [2.05, 4.69) is 4.65 Å². The Morgan fingerprint density at radius 1 is 1.78 bits per heavy atom. The predicted octanol–water partition coefficient (Wildman–Crippen LogP) is -1.03. The zero-order valence-corrected chi connectivity index (χ0v) is 5.70. The third-order valence-electron chi connectivity index (χ3n) is 0.882. The molecule has 5 heteroatoms. The van der Waals surface area contributed by atoms with Crippen molar-refractivity contribution < 1.29 is 14.3 Å². The van der Waals surface area contributed by atoms with Gasteiger partial charge in [0.05, 0.1) is 6.10 Å². The average Bonchev–Trinajstić information content (AvgIpc) is 1.87. The summed E-state index contributed by atoms with van der Waals surface area (Å²) in [6.45, 7) is 2.13. The van der Waals surface area contributed by atoms with Gasteiger partial charge < -0.3 is 20.1 Å². The molecule has 1 unspecified atom stereocenters. The molecule has 0 aromatic rings. The van der Waals surface area contributed by atoms with E-state index in [9.17, 15) is 0 Å². The normalized spacial score (nSPS) is 13.3. The van der Waals surface area contributed by atoms with Gasteiger partial charge >= 0.3 is 7.32 Å². The van der Waals surface area contributed by atoms with Crippen LogP contribution in [0, 0.1) is 0 Å². The maximum Gasteiger partial charge on any atom is 0.636 e. The molecule has 0 aromatic heterocycles. The fraction of sp³-hybridized carbons (Fsp3) is 1.00. The highest BCUT2D eigenvalue weighted by atomic mass is 16.7. The Hall–Kier alpha value is -0.0951. The molecule has 54 valence electrons. The van der Waals surface area contributed by atoms with Gasteiger partial charge in [-0.1, -0.05) is 0 Å². The molecule has 0 aliphatic carbocycles. The van der Waals surface area contributed by atoms with Gasteiger partial charge in [-0.2, -0.15) is 0 Å². The van der Waals surface area contributed by atoms with Crippen LogP contribution in [0.4, 0.5) is 0 Å². The second-order valence-corrected chi connectivity index (χ2v) is 1.73. The van der Waals surface area contributed by atoms with Crippen LogP contribution in [-0.2, 0) is 9.31 Å². The lowest BCUT2D eigenvalue weighted by molar-refractivity contribution is 0.116. The van der Waals surface area contributed by atoms with E-state index in [1.807, 2.05) is 0 Å². The van der Waals surface area contributed by atoms with Gasteiger partial charge in [-0.15, -0.1) is 0 Å². The summed E-state index contributed by atoms with van der Waals surface area (Å²) in [5.74, 6) is 0. The monoisotopic (exact) mass is 133 g/mol. The summed E-state index contributed by atoms with van der Waals surface area (Å²) >= 11 is 0. The highest BCUT2D eigenvalue weighted by Gasteiger charge is 2.15. The van der Waals surface area contributed by atoms with E-state index < -0.39 is 7.32 Å². The molecule has 0 amide bonds. The lowest BCUT2D eigenvalue weighted by Gasteiger charge is -2.10. The molecular weight excluding hydrogens is 121 g/mol. The van der Waals surface area contributed by atoms with E-state index in [-0.39, 0.29) is 6.10 Å². The molecule has 0 aliphatic heterocycles. The van der Waals surface area contributed by atoms with Gasteiger partial charge in [0.15, 0.2) is 0 Å². The van der Waals surface area contributed by atoms with Crippen molar-refractivity contribution in [1.82, 2.24) is 0 Å². The highest BCUT2D eigenvalue weighted by Crippen LogP contribution is 1.89. The van der Waals surface area contributed by atoms with Crippen LogP contribution >= 0.6 is 0 Å². The lowest BCUT2D eigenvalue weighted by Crippen LogP contribution is -2.30. The van der Waals surface area contributed by atoms with Crippen LogP contribution in [0.3, 0.4) is 0 Å². The maximum absolute atomic E-state index is 8.66. The maximum atomic E-state index is 8.66. The summed E-state index contributed by atoms with van der Waals surface area (Å²) in [7, 11) is 0.206. The van der Waals surface area contributed by atoms with Crippen LogP contribution in [-0.4, -0.2) is 32.1 Å². The van der Waals surface area contributed by atoms with Gasteiger partial charge in [0, 0.05) is 13.7 Å². The van der Waals surface area contributed by atoms with Crippen molar-refractivity contribution in [3.05, 3.63) is 0 Å². The van der Waals surface area contributed by atoms with Gasteiger partial charge in [-0.3, -0.25) is 0 Å². The molecule has 3 N–H and O–H groups in total. The molecule has 0 fully saturated rings. The summed E-state index contributed by atoms with van der Waals surface area (Å²) in [5.41, 5.74) is 5.18. The van der Waals surface area contributed by atoms with Crippen LogP contribution < -0.4 is 5.73 Å². The van der Waals surface area contributed by atoms with E-state index in [1.54, 1.807) is 6.92 Å². The minimum Gasteiger partial charge on any atom is -0.402 e. The van der Waals surface area contributed by atoms with E-state index >= 15 is 0 Å². The van der Waals surface area contributed by atoms with Crippen molar-refractivity contribution in [2.75, 3.05) is 13.7 Å². The third-order valence-corrected chi connectivity index (χ3v) is 0.882. The molecule has 1 atom stereocenters. The van der Waals surface area contributed by atoms with Gasteiger partial charge in [0.2, 0.25) is 0 Å². The van der Waals surface area contributed by atoms with Crippen LogP contribution in [0.25, 0.3) is 0 Å². The lowest BCUT2D eigenvalue weighted by atomic mass is 10.2. The van der Waals surface area contributed by atoms with E-state index in [0.29, 0.717) is 6.54 Å². The Bertz CT molecular complexity index is 64.8. The van der Waals surface area contributed by atoms with E-state index in [0.717, 1.165) is 0 Å². The molecular formula is C4H12BNO3. The van der Waals surface area contributed by atoms with Crippen LogP contribution in [0.15, 0.2) is 0 Å². The fourth-order valence-electron chi connectivity index (χ4n) is 0.310. The van der Waals surface area contributed by atoms with E-state index in [4.69, 9.17) is 15.4 Å². The van der Waals surface area contributed by atoms with Crippen molar-refractivity contribution >= 4 is 7.32 Å². The van der Waals surface area contributed by atoms with Crippen molar-refractivity contribution in [3.63, 3.8) is 0 Å². The second kappa shape index (κ2) is 4.75. The first-order valence-corrected chi connectivity index (χ1v) is 2.77. The number of nitrogens with two attached hydrogens (primary N) is 1. The Morgan fingerprint density at radius 3 is 2.67 bits per heavy atom. The Morgan fingerprint density at radius 2 is 2.33 bits per heavy atom. The number of hydrogen-bond acceptors (Lipinski definition) is 4. The Kier molecular flexibility index (Phi) is 4.70. The van der Waals surface area contributed by atoms with Gasteiger partial charge in [-0.25, -0.2) is 0 Å². The van der Waals surface area contributed by atoms with Gasteiger partial charge in [-0.05, 0) is 6.92 Å². The predicted molar refractivity (Wildman–Crippen MR) is 34.6 cm³/mol. The summed E-state index contributed by atoms with van der Waals surface area (Å²) in [4.78, 5) is 0. The van der Waals surface area contributed by atoms with Crippen LogP contribution in [0.2, 0.25) is 0 Å². The Labute approximate surface area is 55.1 Å². The first-order valence-electron chi connectivity index (χ1n) is 2.77. The number of hydrogen-bond donors (Lipinski definition) is 2. The summed E-state index contributed by atoms with van der Waals surface area (Å²) < 4.78 is 9.16. The van der Waals surface area contributed by atoms with Gasteiger partial charge in [0.25, 0.3) is 0 Å². The first kappa shape index (κ1) is 8.90. The molecule has 0 bridgehead atoms. The largest absolute Gasteiger partial charge is 0.636 e. The fourth-order valence-corrected chi connectivity index (χ4v) is 0.310. The van der Waals surface area contributed by atoms with E-state index in [1.165, 1.54) is 7.11 Å². The molecule has 0 aromatic carbocycles.